The van der Waals surface area contributed by atoms with E-state index < -0.39 is 0 Å². The van der Waals surface area contributed by atoms with Crippen molar-refractivity contribution < 1.29 is 9.90 Å². The molecule has 0 aliphatic carbocycles. The monoisotopic (exact) mass is 338 g/mol. The smallest absolute Gasteiger partial charge is 0.248 e. The maximum atomic E-state index is 12.0. The van der Waals surface area contributed by atoms with Crippen LogP contribution in [0.3, 0.4) is 0 Å². The molecule has 25 heavy (non-hydrogen) atoms. The third kappa shape index (κ3) is 3.92. The standard InChI is InChI=1S/C17H18N6O2/c1-22(2)13-9-7-12(8-10-13)17-19-21-23(20-17)11-16(25)18-14-5-3-4-6-15(14)24/h3-10,24H,11H2,1-2H3,(H,18,25). The summed E-state index contributed by atoms with van der Waals surface area (Å²) in [5, 5.41) is 24.4. The van der Waals surface area contributed by atoms with Gasteiger partial charge in [-0.25, -0.2) is 0 Å². The van der Waals surface area contributed by atoms with Gasteiger partial charge < -0.3 is 15.3 Å². The fourth-order valence-corrected chi connectivity index (χ4v) is 2.23. The molecule has 0 saturated carbocycles. The molecule has 0 spiro atoms. The minimum atomic E-state index is -0.353. The van der Waals surface area contributed by atoms with Gasteiger partial charge in [0.1, 0.15) is 12.3 Å². The fraction of sp³-hybridized carbons (Fsp3) is 0.176. The zero-order valence-corrected chi connectivity index (χ0v) is 13.9. The fourth-order valence-electron chi connectivity index (χ4n) is 2.23. The van der Waals surface area contributed by atoms with Gasteiger partial charge in [0.2, 0.25) is 11.7 Å². The first-order valence-corrected chi connectivity index (χ1v) is 7.66. The number of nitrogens with one attached hydrogen (secondary N) is 1. The van der Waals surface area contributed by atoms with Gasteiger partial charge in [0.25, 0.3) is 0 Å². The van der Waals surface area contributed by atoms with Crippen molar-refractivity contribution in [1.82, 2.24) is 20.2 Å². The SMILES string of the molecule is CN(C)c1ccc(-c2nnn(CC(=O)Nc3ccccc3O)n2)cc1. The largest absolute Gasteiger partial charge is 0.506 e. The van der Waals surface area contributed by atoms with E-state index in [0.29, 0.717) is 11.5 Å². The predicted octanol–water partition coefficient (Wildman–Crippen LogP) is 1.75. The number of nitrogens with zero attached hydrogens (tertiary/aromatic N) is 5. The lowest BCUT2D eigenvalue weighted by atomic mass is 10.2. The van der Waals surface area contributed by atoms with Gasteiger partial charge in [-0.2, -0.15) is 4.80 Å². The number of phenols is 1. The van der Waals surface area contributed by atoms with E-state index in [4.69, 9.17) is 0 Å². The van der Waals surface area contributed by atoms with Crippen molar-refractivity contribution >= 4 is 17.3 Å². The number of aromatic nitrogens is 4. The van der Waals surface area contributed by atoms with E-state index in [9.17, 15) is 9.90 Å². The van der Waals surface area contributed by atoms with Crippen LogP contribution in [0.1, 0.15) is 0 Å². The molecule has 0 aliphatic rings. The Morgan fingerprint density at radius 3 is 2.56 bits per heavy atom. The highest BCUT2D eigenvalue weighted by Crippen LogP contribution is 2.21. The van der Waals surface area contributed by atoms with Crippen LogP contribution in [0.15, 0.2) is 48.5 Å². The Morgan fingerprint density at radius 1 is 1.16 bits per heavy atom. The molecule has 0 fully saturated rings. The number of rotatable bonds is 5. The lowest BCUT2D eigenvalue weighted by Crippen LogP contribution is -2.20. The molecule has 0 unspecified atom stereocenters. The molecule has 1 heterocycles. The first kappa shape index (κ1) is 16.4. The summed E-state index contributed by atoms with van der Waals surface area (Å²) in [7, 11) is 3.93. The zero-order chi connectivity index (χ0) is 17.8. The highest BCUT2D eigenvalue weighted by Gasteiger charge is 2.11. The van der Waals surface area contributed by atoms with E-state index in [1.54, 1.807) is 18.2 Å². The average Bonchev–Trinajstić information content (AvgIpc) is 3.05. The molecular weight excluding hydrogens is 320 g/mol. The molecule has 1 amide bonds. The Kier molecular flexibility index (Phi) is 4.60. The van der Waals surface area contributed by atoms with Crippen molar-refractivity contribution in [3.05, 3.63) is 48.5 Å². The lowest BCUT2D eigenvalue weighted by molar-refractivity contribution is -0.117. The normalized spacial score (nSPS) is 10.5. The second-order valence-corrected chi connectivity index (χ2v) is 5.65. The number of tetrazole rings is 1. The summed E-state index contributed by atoms with van der Waals surface area (Å²) in [5.41, 5.74) is 2.23. The van der Waals surface area contributed by atoms with Crippen LogP contribution in [-0.2, 0) is 11.3 Å². The second-order valence-electron chi connectivity index (χ2n) is 5.65. The Balaban J connectivity index is 1.67. The molecule has 3 aromatic rings. The molecule has 3 rings (SSSR count). The molecule has 2 aromatic carbocycles. The number of para-hydroxylation sites is 2. The summed E-state index contributed by atoms with van der Waals surface area (Å²) in [6.07, 6.45) is 0. The highest BCUT2D eigenvalue weighted by atomic mass is 16.3. The quantitative estimate of drug-likeness (QED) is 0.688. The molecule has 0 aliphatic heterocycles. The Labute approximate surface area is 144 Å². The van der Waals surface area contributed by atoms with Crippen LogP contribution in [0.5, 0.6) is 5.75 Å². The summed E-state index contributed by atoms with van der Waals surface area (Å²) >= 11 is 0. The Bertz CT molecular complexity index is 873. The minimum absolute atomic E-state index is 0.00377. The molecule has 0 atom stereocenters. The van der Waals surface area contributed by atoms with Gasteiger partial charge in [-0.1, -0.05) is 12.1 Å². The van der Waals surface area contributed by atoms with Crippen molar-refractivity contribution in [3.8, 4) is 17.1 Å². The number of hydrogen-bond donors (Lipinski definition) is 2. The van der Waals surface area contributed by atoms with Gasteiger partial charge in [-0.3, -0.25) is 4.79 Å². The summed E-state index contributed by atoms with van der Waals surface area (Å²) in [4.78, 5) is 15.3. The van der Waals surface area contributed by atoms with E-state index in [2.05, 4.69) is 20.7 Å². The number of benzene rings is 2. The van der Waals surface area contributed by atoms with E-state index in [0.717, 1.165) is 11.3 Å². The first-order chi connectivity index (χ1) is 12.0. The molecule has 8 heteroatoms. The van der Waals surface area contributed by atoms with Gasteiger partial charge in [0.15, 0.2) is 0 Å². The zero-order valence-electron chi connectivity index (χ0n) is 13.9. The summed E-state index contributed by atoms with van der Waals surface area (Å²) < 4.78 is 0. The number of aromatic hydroxyl groups is 1. The van der Waals surface area contributed by atoms with Gasteiger partial charge in [0, 0.05) is 25.3 Å². The molecule has 0 saturated heterocycles. The van der Waals surface area contributed by atoms with Crippen LogP contribution in [-0.4, -0.2) is 45.3 Å². The average molecular weight is 338 g/mol. The Hall–Kier alpha value is -3.42. The number of anilines is 2. The maximum Gasteiger partial charge on any atom is 0.248 e. The summed E-state index contributed by atoms with van der Waals surface area (Å²) in [6, 6.07) is 14.2. The number of hydrogen-bond acceptors (Lipinski definition) is 6. The van der Waals surface area contributed by atoms with E-state index >= 15 is 0 Å². The molecule has 0 bridgehead atoms. The van der Waals surface area contributed by atoms with Crippen molar-refractivity contribution in [1.29, 1.82) is 0 Å². The number of carbonyl (C=O) groups excluding carboxylic acids is 1. The van der Waals surface area contributed by atoms with Crippen molar-refractivity contribution in [2.45, 2.75) is 6.54 Å². The van der Waals surface area contributed by atoms with E-state index in [1.807, 2.05) is 43.3 Å². The van der Waals surface area contributed by atoms with Crippen LogP contribution >= 0.6 is 0 Å². The predicted molar refractivity (Wildman–Crippen MR) is 94.3 cm³/mol. The summed E-state index contributed by atoms with van der Waals surface area (Å²) in [5.74, 6) is 0.0955. The van der Waals surface area contributed by atoms with Crippen LogP contribution in [0.25, 0.3) is 11.4 Å². The number of phenolic OH excluding ortho intramolecular Hbond substituents is 1. The van der Waals surface area contributed by atoms with Crippen LogP contribution in [0.4, 0.5) is 11.4 Å². The number of amides is 1. The topological polar surface area (TPSA) is 96.2 Å². The second kappa shape index (κ2) is 7.00. The van der Waals surface area contributed by atoms with E-state index in [1.165, 1.54) is 10.9 Å². The van der Waals surface area contributed by atoms with Crippen LogP contribution in [0, 0.1) is 0 Å². The van der Waals surface area contributed by atoms with Gasteiger partial charge in [-0.05, 0) is 41.6 Å². The Morgan fingerprint density at radius 2 is 1.88 bits per heavy atom. The van der Waals surface area contributed by atoms with Crippen molar-refractivity contribution in [2.24, 2.45) is 0 Å². The van der Waals surface area contributed by atoms with E-state index in [-0.39, 0.29) is 18.2 Å². The van der Waals surface area contributed by atoms with Crippen LogP contribution in [0.2, 0.25) is 0 Å². The van der Waals surface area contributed by atoms with Crippen LogP contribution < -0.4 is 10.2 Å². The minimum Gasteiger partial charge on any atom is -0.506 e. The van der Waals surface area contributed by atoms with Gasteiger partial charge >= 0.3 is 0 Å². The molecule has 128 valence electrons. The lowest BCUT2D eigenvalue weighted by Gasteiger charge is -2.11. The van der Waals surface area contributed by atoms with Gasteiger partial charge in [0.05, 0.1) is 5.69 Å². The van der Waals surface area contributed by atoms with Crippen molar-refractivity contribution in [2.75, 3.05) is 24.3 Å². The first-order valence-electron chi connectivity index (χ1n) is 7.66. The van der Waals surface area contributed by atoms with Gasteiger partial charge in [-0.15, -0.1) is 10.2 Å². The molecule has 8 nitrogen and oxygen atoms in total. The maximum absolute atomic E-state index is 12.0. The third-order valence-electron chi connectivity index (χ3n) is 3.56. The molecule has 0 radical (unpaired) electrons. The summed E-state index contributed by atoms with van der Waals surface area (Å²) in [6.45, 7) is -0.100. The highest BCUT2D eigenvalue weighted by molar-refractivity contribution is 5.91. The molecule has 2 N–H and O–H groups in total. The molecular formula is C17H18N6O2. The van der Waals surface area contributed by atoms with Crippen molar-refractivity contribution in [3.63, 3.8) is 0 Å². The third-order valence-corrected chi connectivity index (χ3v) is 3.56. The number of carbonyl (C=O) groups is 1. The molecule has 1 aromatic heterocycles.